The number of benzene rings is 1. The van der Waals surface area contributed by atoms with Crippen LogP contribution < -0.4 is 10.1 Å². The predicted octanol–water partition coefficient (Wildman–Crippen LogP) is 1.99. The van der Waals surface area contributed by atoms with Crippen molar-refractivity contribution in [1.82, 2.24) is 4.90 Å². The van der Waals surface area contributed by atoms with Gasteiger partial charge in [-0.25, -0.2) is 4.79 Å². The van der Waals surface area contributed by atoms with Crippen LogP contribution in [-0.4, -0.2) is 47.8 Å². The molecule has 3 fully saturated rings. The van der Waals surface area contributed by atoms with Crippen LogP contribution >= 0.6 is 0 Å². The molecule has 8 nitrogen and oxygen atoms in total. The molecule has 1 aromatic rings. The molecule has 0 unspecified atom stereocenters. The fraction of sp³-hybridized carbons (Fsp3) is 0.545. The van der Waals surface area contributed by atoms with Crippen molar-refractivity contribution in [3.8, 4) is 5.75 Å². The average Bonchev–Trinajstić information content (AvgIpc) is 3.41. The van der Waals surface area contributed by atoms with Crippen LogP contribution in [0.5, 0.6) is 5.75 Å². The van der Waals surface area contributed by atoms with Crippen LogP contribution in [0.25, 0.3) is 0 Å². The largest absolute Gasteiger partial charge is 0.494 e. The molecule has 1 heterocycles. The molecule has 1 N–H and O–H groups in total. The van der Waals surface area contributed by atoms with Gasteiger partial charge in [0.2, 0.25) is 11.8 Å². The summed E-state index contributed by atoms with van der Waals surface area (Å²) in [6.07, 6.45) is 2.89. The van der Waals surface area contributed by atoms with Crippen molar-refractivity contribution in [2.24, 2.45) is 23.7 Å². The quantitative estimate of drug-likeness (QED) is 0.541. The number of likely N-dealkylation sites (tertiary alicyclic amines) is 1. The van der Waals surface area contributed by atoms with Gasteiger partial charge in [-0.2, -0.15) is 0 Å². The van der Waals surface area contributed by atoms with Crippen LogP contribution in [0.1, 0.15) is 33.1 Å². The van der Waals surface area contributed by atoms with Crippen LogP contribution in [0.15, 0.2) is 24.3 Å². The van der Waals surface area contributed by atoms with Crippen molar-refractivity contribution in [2.45, 2.75) is 39.2 Å². The summed E-state index contributed by atoms with van der Waals surface area (Å²) in [5, 5.41) is 2.63. The molecule has 0 radical (unpaired) electrons. The van der Waals surface area contributed by atoms with E-state index < -0.39 is 24.5 Å². The zero-order valence-electron chi connectivity index (χ0n) is 17.1. The van der Waals surface area contributed by atoms with Crippen LogP contribution in [0.2, 0.25) is 0 Å². The molecule has 4 rings (SSSR count). The molecule has 5 atom stereocenters. The van der Waals surface area contributed by atoms with Gasteiger partial charge in [0.1, 0.15) is 11.8 Å². The lowest BCUT2D eigenvalue weighted by Crippen LogP contribution is -2.45. The molecule has 2 aliphatic carbocycles. The van der Waals surface area contributed by atoms with Crippen LogP contribution in [0.4, 0.5) is 5.69 Å². The van der Waals surface area contributed by atoms with Gasteiger partial charge in [0.05, 0.1) is 18.4 Å². The number of carbonyl (C=O) groups is 4. The normalized spacial score (nSPS) is 27.7. The number of imide groups is 1. The third kappa shape index (κ3) is 3.55. The molecule has 8 heteroatoms. The van der Waals surface area contributed by atoms with E-state index >= 15 is 0 Å². The Morgan fingerprint density at radius 2 is 1.70 bits per heavy atom. The Hall–Kier alpha value is -2.90. The second kappa shape index (κ2) is 8.08. The molecule has 3 amide bonds. The lowest BCUT2D eigenvalue weighted by atomic mass is 9.81. The smallest absolute Gasteiger partial charge is 0.329 e. The van der Waals surface area contributed by atoms with Crippen molar-refractivity contribution < 1.29 is 28.7 Å². The van der Waals surface area contributed by atoms with Crippen LogP contribution in [0.3, 0.4) is 0 Å². The minimum Gasteiger partial charge on any atom is -0.494 e. The summed E-state index contributed by atoms with van der Waals surface area (Å²) in [6, 6.07) is 5.78. The lowest BCUT2D eigenvalue weighted by molar-refractivity contribution is -0.159. The van der Waals surface area contributed by atoms with Crippen molar-refractivity contribution in [2.75, 3.05) is 18.5 Å². The summed E-state index contributed by atoms with van der Waals surface area (Å²) in [5.74, 6) is -1.16. The second-order valence-electron chi connectivity index (χ2n) is 8.22. The Balaban J connectivity index is 1.30. The van der Waals surface area contributed by atoms with Gasteiger partial charge in [0.25, 0.3) is 5.91 Å². The van der Waals surface area contributed by atoms with Crippen molar-refractivity contribution >= 4 is 29.4 Å². The standard InChI is InChI=1S/C22H26N2O6/c1-3-29-16-8-6-15(7-9-16)23-17(25)11-30-22(28)12(2)24-20(26)18-13-4-5-14(10-13)19(18)21(24)27/h6-9,12-14,18-19H,3-5,10-11H2,1-2H3,(H,23,25)/t12-,13-,14+,18+,19+/m1/s1. The first kappa shape index (κ1) is 20.4. The third-order valence-corrected chi connectivity index (χ3v) is 6.48. The molecule has 3 aliphatic rings. The number of rotatable bonds is 7. The fourth-order valence-corrected chi connectivity index (χ4v) is 5.17. The highest BCUT2D eigenvalue weighted by atomic mass is 16.5. The number of nitrogens with zero attached hydrogens (tertiary/aromatic N) is 1. The topological polar surface area (TPSA) is 102 Å². The molecular formula is C22H26N2O6. The lowest BCUT2D eigenvalue weighted by Gasteiger charge is -2.23. The van der Waals surface area contributed by atoms with Gasteiger partial charge in [0.15, 0.2) is 6.61 Å². The van der Waals surface area contributed by atoms with Gasteiger partial charge in [0, 0.05) is 5.69 Å². The maximum Gasteiger partial charge on any atom is 0.329 e. The fourth-order valence-electron chi connectivity index (χ4n) is 5.17. The molecule has 2 saturated carbocycles. The Labute approximate surface area is 174 Å². The molecule has 1 aromatic carbocycles. The number of fused-ring (bicyclic) bond motifs is 5. The number of nitrogens with one attached hydrogen (secondary N) is 1. The first-order chi connectivity index (χ1) is 14.4. The summed E-state index contributed by atoms with van der Waals surface area (Å²) in [4.78, 5) is 51.2. The van der Waals surface area contributed by atoms with E-state index in [1.165, 1.54) is 6.92 Å². The van der Waals surface area contributed by atoms with E-state index in [-0.39, 0.29) is 35.5 Å². The van der Waals surface area contributed by atoms with Crippen LogP contribution in [0, 0.1) is 23.7 Å². The highest BCUT2D eigenvalue weighted by Gasteiger charge is 2.62. The maximum atomic E-state index is 12.8. The summed E-state index contributed by atoms with van der Waals surface area (Å²) in [7, 11) is 0. The highest BCUT2D eigenvalue weighted by Crippen LogP contribution is 2.56. The van der Waals surface area contributed by atoms with Gasteiger partial charge < -0.3 is 14.8 Å². The van der Waals surface area contributed by atoms with E-state index in [9.17, 15) is 19.2 Å². The zero-order valence-corrected chi connectivity index (χ0v) is 17.1. The van der Waals surface area contributed by atoms with Crippen molar-refractivity contribution in [1.29, 1.82) is 0 Å². The van der Waals surface area contributed by atoms with Crippen molar-refractivity contribution in [3.05, 3.63) is 24.3 Å². The van der Waals surface area contributed by atoms with Gasteiger partial charge in [-0.1, -0.05) is 0 Å². The van der Waals surface area contributed by atoms with Crippen molar-refractivity contribution in [3.63, 3.8) is 0 Å². The molecule has 0 spiro atoms. The first-order valence-electron chi connectivity index (χ1n) is 10.5. The highest BCUT2D eigenvalue weighted by molar-refractivity contribution is 6.08. The monoisotopic (exact) mass is 414 g/mol. The maximum absolute atomic E-state index is 12.8. The van der Waals surface area contributed by atoms with E-state index in [0.29, 0.717) is 18.0 Å². The number of hydrogen-bond acceptors (Lipinski definition) is 6. The van der Waals surface area contributed by atoms with Crippen LogP contribution in [-0.2, 0) is 23.9 Å². The molecule has 0 aromatic heterocycles. The average molecular weight is 414 g/mol. The van der Waals surface area contributed by atoms with E-state index in [0.717, 1.165) is 24.2 Å². The predicted molar refractivity (Wildman–Crippen MR) is 106 cm³/mol. The Kier molecular flexibility index (Phi) is 5.49. The molecule has 30 heavy (non-hydrogen) atoms. The molecular weight excluding hydrogens is 388 g/mol. The van der Waals surface area contributed by atoms with E-state index in [1.54, 1.807) is 24.3 Å². The number of ether oxygens (including phenoxy) is 2. The number of carbonyl (C=O) groups excluding carboxylic acids is 4. The summed E-state index contributed by atoms with van der Waals surface area (Å²) in [5.41, 5.74) is 0.542. The summed E-state index contributed by atoms with van der Waals surface area (Å²) < 4.78 is 10.4. The van der Waals surface area contributed by atoms with Gasteiger partial charge in [-0.15, -0.1) is 0 Å². The van der Waals surface area contributed by atoms with Gasteiger partial charge in [-0.3, -0.25) is 19.3 Å². The second-order valence-corrected chi connectivity index (χ2v) is 8.22. The summed E-state index contributed by atoms with van der Waals surface area (Å²) in [6.45, 7) is 3.41. The zero-order chi connectivity index (χ0) is 21.4. The van der Waals surface area contributed by atoms with E-state index in [1.807, 2.05) is 6.92 Å². The van der Waals surface area contributed by atoms with Gasteiger partial charge in [-0.05, 0) is 69.2 Å². The molecule has 1 aliphatic heterocycles. The minimum atomic E-state index is -1.03. The SMILES string of the molecule is CCOc1ccc(NC(=O)COC(=O)[C@@H](C)N2C(=O)[C@H]3[C@@H]4CC[C@@H](C4)[C@@H]3C2=O)cc1. The Morgan fingerprint density at radius 3 is 2.27 bits per heavy atom. The van der Waals surface area contributed by atoms with Gasteiger partial charge >= 0.3 is 5.97 Å². The molecule has 1 saturated heterocycles. The van der Waals surface area contributed by atoms with E-state index in [2.05, 4.69) is 5.32 Å². The number of anilines is 1. The Bertz CT molecular complexity index is 839. The number of esters is 1. The number of amides is 3. The minimum absolute atomic E-state index is 0.254. The third-order valence-electron chi connectivity index (χ3n) is 6.48. The van der Waals surface area contributed by atoms with E-state index in [4.69, 9.17) is 9.47 Å². The Morgan fingerprint density at radius 1 is 1.10 bits per heavy atom. The first-order valence-corrected chi connectivity index (χ1v) is 10.5. The molecule has 2 bridgehead atoms. The summed E-state index contributed by atoms with van der Waals surface area (Å²) >= 11 is 0. The number of hydrogen-bond donors (Lipinski definition) is 1. The molecule has 160 valence electrons.